The van der Waals surface area contributed by atoms with E-state index >= 15 is 0 Å². The molecule has 1 heterocycles. The van der Waals surface area contributed by atoms with Crippen LogP contribution < -0.4 is 10.1 Å². The molecule has 0 radical (unpaired) electrons. The first-order chi connectivity index (χ1) is 12.3. The van der Waals surface area contributed by atoms with Gasteiger partial charge in [0.2, 0.25) is 0 Å². The molecule has 0 atom stereocenters. The summed E-state index contributed by atoms with van der Waals surface area (Å²) in [7, 11) is -3.98. The third kappa shape index (κ3) is 3.24. The average Bonchev–Trinajstić information content (AvgIpc) is 2.62. The standard InChI is InChI=1S/C17H15N3O5S/c1-10(11-5-4-6-12(21)9-11)18-19-17(23)15-16(22)13-7-2-3-8-14(13)26(24,25)20-15/h2-9,20-22H,1H3,(H,19,23)/b18-10+. The smallest absolute Gasteiger partial charge is 0.292 e. The Morgan fingerprint density at radius 1 is 1.12 bits per heavy atom. The molecule has 1 aliphatic rings. The van der Waals surface area contributed by atoms with Crippen molar-refractivity contribution in [2.75, 3.05) is 0 Å². The predicted octanol–water partition coefficient (Wildman–Crippen LogP) is 1.45. The van der Waals surface area contributed by atoms with Gasteiger partial charge >= 0.3 is 0 Å². The Morgan fingerprint density at radius 3 is 2.58 bits per heavy atom. The van der Waals surface area contributed by atoms with Gasteiger partial charge in [0.05, 0.1) is 10.6 Å². The van der Waals surface area contributed by atoms with Crippen LogP contribution in [0.4, 0.5) is 0 Å². The van der Waals surface area contributed by atoms with Crippen LogP contribution in [0.5, 0.6) is 5.75 Å². The number of nitrogens with zero attached hydrogens (tertiary/aromatic N) is 1. The molecule has 2 aromatic carbocycles. The summed E-state index contributed by atoms with van der Waals surface area (Å²) in [4.78, 5) is 12.2. The zero-order valence-corrected chi connectivity index (χ0v) is 14.4. The number of carbonyl (C=O) groups is 1. The second kappa shape index (κ2) is 6.52. The van der Waals surface area contributed by atoms with Crippen molar-refractivity contribution in [1.29, 1.82) is 0 Å². The number of phenolic OH excluding ortho intramolecular Hbond substituents is 1. The van der Waals surface area contributed by atoms with Crippen LogP contribution in [0.2, 0.25) is 0 Å². The molecular formula is C17H15N3O5S. The number of hydrogen-bond acceptors (Lipinski definition) is 6. The number of fused-ring (bicyclic) bond motifs is 1. The summed E-state index contributed by atoms with van der Waals surface area (Å²) >= 11 is 0. The lowest BCUT2D eigenvalue weighted by Crippen LogP contribution is -2.37. The first-order valence-electron chi connectivity index (χ1n) is 7.49. The molecular weight excluding hydrogens is 358 g/mol. The number of benzene rings is 2. The Hall–Kier alpha value is -3.33. The summed E-state index contributed by atoms with van der Waals surface area (Å²) in [6, 6.07) is 12.0. The van der Waals surface area contributed by atoms with Crippen LogP contribution in [0.3, 0.4) is 0 Å². The maximum Gasteiger partial charge on any atom is 0.292 e. The van der Waals surface area contributed by atoms with E-state index in [4.69, 9.17) is 0 Å². The zero-order valence-electron chi connectivity index (χ0n) is 13.6. The van der Waals surface area contributed by atoms with Gasteiger partial charge in [0.15, 0.2) is 11.5 Å². The highest BCUT2D eigenvalue weighted by molar-refractivity contribution is 7.89. The summed E-state index contributed by atoms with van der Waals surface area (Å²) in [5.41, 5.74) is 2.66. The topological polar surface area (TPSA) is 128 Å². The highest BCUT2D eigenvalue weighted by atomic mass is 32.2. The molecule has 0 aliphatic carbocycles. The van der Waals surface area contributed by atoms with Crippen molar-refractivity contribution in [3.63, 3.8) is 0 Å². The summed E-state index contributed by atoms with van der Waals surface area (Å²) in [5, 5.41) is 23.6. The van der Waals surface area contributed by atoms with E-state index in [0.29, 0.717) is 11.3 Å². The molecule has 0 saturated carbocycles. The molecule has 2 aromatic rings. The number of hydrazone groups is 1. The van der Waals surface area contributed by atoms with Crippen LogP contribution in [-0.2, 0) is 14.8 Å². The lowest BCUT2D eigenvalue weighted by molar-refractivity contribution is -0.117. The van der Waals surface area contributed by atoms with Gasteiger partial charge in [0, 0.05) is 11.1 Å². The quantitative estimate of drug-likeness (QED) is 0.478. The molecule has 3 rings (SSSR count). The van der Waals surface area contributed by atoms with Gasteiger partial charge < -0.3 is 10.2 Å². The van der Waals surface area contributed by atoms with Gasteiger partial charge in [-0.15, -0.1) is 0 Å². The van der Waals surface area contributed by atoms with Gasteiger partial charge in [-0.1, -0.05) is 24.3 Å². The molecule has 0 saturated heterocycles. The molecule has 1 aliphatic heterocycles. The van der Waals surface area contributed by atoms with Crippen molar-refractivity contribution >= 4 is 27.4 Å². The third-order valence-corrected chi connectivity index (χ3v) is 5.13. The van der Waals surface area contributed by atoms with Crippen molar-refractivity contribution in [2.24, 2.45) is 5.10 Å². The minimum Gasteiger partial charge on any atom is -0.508 e. The van der Waals surface area contributed by atoms with Crippen LogP contribution in [0, 0.1) is 0 Å². The number of hydrogen-bond donors (Lipinski definition) is 4. The number of sulfonamides is 1. The van der Waals surface area contributed by atoms with Crippen molar-refractivity contribution < 1.29 is 23.4 Å². The lowest BCUT2D eigenvalue weighted by Gasteiger charge is -2.20. The van der Waals surface area contributed by atoms with Gasteiger partial charge in [-0.2, -0.15) is 5.10 Å². The Bertz CT molecular complexity index is 1060. The van der Waals surface area contributed by atoms with E-state index in [0.717, 1.165) is 0 Å². The van der Waals surface area contributed by atoms with E-state index in [1.807, 2.05) is 0 Å². The molecule has 8 nitrogen and oxygen atoms in total. The largest absolute Gasteiger partial charge is 0.508 e. The normalized spacial score (nSPS) is 15.8. The molecule has 134 valence electrons. The molecule has 4 N–H and O–H groups in total. The summed E-state index contributed by atoms with van der Waals surface area (Å²) < 4.78 is 26.5. The van der Waals surface area contributed by atoms with Gasteiger partial charge in [0.25, 0.3) is 15.9 Å². The summed E-state index contributed by atoms with van der Waals surface area (Å²) in [5.74, 6) is -1.36. The number of aliphatic hydroxyl groups excluding tert-OH is 1. The Balaban J connectivity index is 1.90. The monoisotopic (exact) mass is 373 g/mol. The van der Waals surface area contributed by atoms with E-state index in [1.54, 1.807) is 25.1 Å². The van der Waals surface area contributed by atoms with Gasteiger partial charge in [-0.05, 0) is 31.2 Å². The lowest BCUT2D eigenvalue weighted by atomic mass is 10.1. The van der Waals surface area contributed by atoms with Crippen molar-refractivity contribution in [2.45, 2.75) is 11.8 Å². The first-order valence-corrected chi connectivity index (χ1v) is 8.97. The van der Waals surface area contributed by atoms with E-state index in [9.17, 15) is 23.4 Å². The number of phenols is 1. The highest BCUT2D eigenvalue weighted by Gasteiger charge is 2.32. The summed E-state index contributed by atoms with van der Waals surface area (Å²) in [6.45, 7) is 1.60. The van der Waals surface area contributed by atoms with E-state index in [2.05, 4.69) is 15.2 Å². The number of aromatic hydroxyl groups is 1. The SMILES string of the molecule is C/C(=N\NC(=O)C1=C(O)c2ccccc2S(=O)(=O)N1)c1cccc(O)c1. The van der Waals surface area contributed by atoms with Crippen LogP contribution in [0.25, 0.3) is 5.76 Å². The first kappa shape index (κ1) is 17.5. The highest BCUT2D eigenvalue weighted by Crippen LogP contribution is 2.28. The second-order valence-corrected chi connectivity index (χ2v) is 7.16. The molecule has 0 unspecified atom stereocenters. The minimum absolute atomic E-state index is 0.0325. The molecule has 1 amide bonds. The number of carbonyl (C=O) groups excluding carboxylic acids is 1. The van der Waals surface area contributed by atoms with Crippen LogP contribution >= 0.6 is 0 Å². The van der Waals surface area contributed by atoms with Gasteiger partial charge in [0.1, 0.15) is 5.75 Å². The molecule has 0 bridgehead atoms. The van der Waals surface area contributed by atoms with Crippen molar-refractivity contribution in [3.05, 3.63) is 65.4 Å². The Morgan fingerprint density at radius 2 is 1.85 bits per heavy atom. The molecule has 0 aromatic heterocycles. The van der Waals surface area contributed by atoms with E-state index in [-0.39, 0.29) is 16.2 Å². The fourth-order valence-corrected chi connectivity index (χ4v) is 3.69. The van der Waals surface area contributed by atoms with Crippen LogP contribution in [-0.4, -0.2) is 30.2 Å². The average molecular weight is 373 g/mol. The Kier molecular flexibility index (Phi) is 4.39. The minimum atomic E-state index is -3.98. The molecule has 26 heavy (non-hydrogen) atoms. The van der Waals surface area contributed by atoms with Crippen LogP contribution in [0.1, 0.15) is 18.1 Å². The fourth-order valence-electron chi connectivity index (χ4n) is 2.41. The predicted molar refractivity (Wildman–Crippen MR) is 94.8 cm³/mol. The van der Waals surface area contributed by atoms with Crippen molar-refractivity contribution in [3.8, 4) is 5.75 Å². The number of amides is 1. The second-order valence-electron chi connectivity index (χ2n) is 5.51. The molecule has 0 fully saturated rings. The summed E-state index contributed by atoms with van der Waals surface area (Å²) in [6.07, 6.45) is 0. The third-order valence-electron chi connectivity index (χ3n) is 3.72. The van der Waals surface area contributed by atoms with Crippen LogP contribution in [0.15, 0.2) is 64.2 Å². The fraction of sp³-hybridized carbons (Fsp3) is 0.0588. The number of nitrogens with one attached hydrogen (secondary N) is 2. The Labute approximate surface area is 149 Å². The maximum absolute atomic E-state index is 12.3. The zero-order chi connectivity index (χ0) is 18.9. The number of aliphatic hydroxyl groups is 1. The molecule has 9 heteroatoms. The van der Waals surface area contributed by atoms with E-state index in [1.165, 1.54) is 30.3 Å². The van der Waals surface area contributed by atoms with Gasteiger partial charge in [-0.25, -0.2) is 13.8 Å². The van der Waals surface area contributed by atoms with Gasteiger partial charge in [-0.3, -0.25) is 9.52 Å². The maximum atomic E-state index is 12.3. The molecule has 0 spiro atoms. The van der Waals surface area contributed by atoms with E-state index < -0.39 is 27.4 Å². The van der Waals surface area contributed by atoms with Crippen molar-refractivity contribution in [1.82, 2.24) is 10.1 Å². The number of rotatable bonds is 3.